The Balaban J connectivity index is 1.89. The molecule has 2 heterocycles. The average Bonchev–Trinajstić information content (AvgIpc) is 3.17. The Morgan fingerprint density at radius 1 is 1.54 bits per heavy atom. The van der Waals surface area contributed by atoms with Crippen molar-refractivity contribution in [3.8, 4) is 6.07 Å². The van der Waals surface area contributed by atoms with E-state index in [1.54, 1.807) is 0 Å². The van der Waals surface area contributed by atoms with Gasteiger partial charge in [-0.3, -0.25) is 20.0 Å². The fourth-order valence-corrected chi connectivity index (χ4v) is 4.56. The quantitative estimate of drug-likeness (QED) is 0.627. The fraction of sp³-hybridized carbons (Fsp3) is 0.471. The molecule has 1 amide bonds. The van der Waals surface area contributed by atoms with Gasteiger partial charge in [0.05, 0.1) is 10.5 Å². The first-order chi connectivity index (χ1) is 12.2. The summed E-state index contributed by atoms with van der Waals surface area (Å²) in [4.78, 5) is 23.8. The lowest BCUT2D eigenvalue weighted by atomic mass is 9.72. The summed E-state index contributed by atoms with van der Waals surface area (Å²) in [5.41, 5.74) is 1.02. The number of nitrogens with one attached hydrogen (secondary N) is 2. The number of rotatable bonds is 3. The highest BCUT2D eigenvalue weighted by Crippen LogP contribution is 2.44. The largest absolute Gasteiger partial charge is 0.319 e. The lowest BCUT2D eigenvalue weighted by molar-refractivity contribution is -0.385. The van der Waals surface area contributed by atoms with Crippen LogP contribution in [0.2, 0.25) is 0 Å². The van der Waals surface area contributed by atoms with Crippen LogP contribution in [0, 0.1) is 32.8 Å². The number of amides is 1. The molecule has 0 aromatic carbocycles. The van der Waals surface area contributed by atoms with E-state index >= 15 is 0 Å². The Hall–Kier alpha value is -2.73. The molecule has 0 saturated carbocycles. The Kier molecular flexibility index (Phi) is 4.54. The topological polar surface area (TPSA) is 125 Å². The third kappa shape index (κ3) is 3.20. The SMILES string of the molecule is CC(C)(C)[C@H]1CCc2c(sc(NC(=O)c3[nH]ncc3[N+](=O)[O-])c2C#N)C1. The summed E-state index contributed by atoms with van der Waals surface area (Å²) in [5, 5.41) is 29.5. The maximum Gasteiger partial charge on any atom is 0.319 e. The number of thiophene rings is 1. The zero-order valence-electron chi connectivity index (χ0n) is 14.8. The van der Waals surface area contributed by atoms with E-state index in [-0.39, 0.29) is 11.1 Å². The summed E-state index contributed by atoms with van der Waals surface area (Å²) in [5.74, 6) is -0.158. The van der Waals surface area contributed by atoms with Crippen LogP contribution in [0.25, 0.3) is 0 Å². The van der Waals surface area contributed by atoms with Crippen molar-refractivity contribution in [1.29, 1.82) is 5.26 Å². The predicted molar refractivity (Wildman–Crippen MR) is 97.2 cm³/mol. The maximum absolute atomic E-state index is 12.4. The second-order valence-electron chi connectivity index (χ2n) is 7.47. The number of hydrogen-bond donors (Lipinski definition) is 2. The van der Waals surface area contributed by atoms with Crippen LogP contribution in [0.5, 0.6) is 0 Å². The molecule has 0 fully saturated rings. The van der Waals surface area contributed by atoms with E-state index in [0.29, 0.717) is 16.5 Å². The molecule has 26 heavy (non-hydrogen) atoms. The minimum Gasteiger partial charge on any atom is -0.311 e. The molecule has 0 aliphatic heterocycles. The summed E-state index contributed by atoms with van der Waals surface area (Å²) in [6.07, 6.45) is 3.67. The van der Waals surface area contributed by atoms with Gasteiger partial charge in [-0.05, 0) is 36.2 Å². The van der Waals surface area contributed by atoms with Crippen molar-refractivity contribution in [1.82, 2.24) is 10.2 Å². The Morgan fingerprint density at radius 2 is 2.27 bits per heavy atom. The molecular weight excluding hydrogens is 354 g/mol. The smallest absolute Gasteiger partial charge is 0.311 e. The van der Waals surface area contributed by atoms with Gasteiger partial charge in [-0.25, -0.2) is 0 Å². The molecule has 0 saturated heterocycles. The van der Waals surface area contributed by atoms with E-state index in [4.69, 9.17) is 0 Å². The Bertz CT molecular complexity index is 916. The maximum atomic E-state index is 12.4. The highest BCUT2D eigenvalue weighted by Gasteiger charge is 2.33. The van der Waals surface area contributed by atoms with Crippen molar-refractivity contribution < 1.29 is 9.72 Å². The molecule has 8 nitrogen and oxygen atoms in total. The average molecular weight is 373 g/mol. The number of nitro groups is 1. The van der Waals surface area contributed by atoms with Gasteiger partial charge in [-0.1, -0.05) is 20.8 Å². The summed E-state index contributed by atoms with van der Waals surface area (Å²) in [6, 6.07) is 2.18. The molecule has 2 N–H and O–H groups in total. The van der Waals surface area contributed by atoms with E-state index in [2.05, 4.69) is 42.4 Å². The molecule has 136 valence electrons. The van der Waals surface area contributed by atoms with Gasteiger partial charge in [0.2, 0.25) is 5.69 Å². The highest BCUT2D eigenvalue weighted by molar-refractivity contribution is 7.16. The first-order valence-electron chi connectivity index (χ1n) is 8.26. The molecule has 2 aromatic heterocycles. The van der Waals surface area contributed by atoms with Crippen LogP contribution >= 0.6 is 11.3 Å². The predicted octanol–water partition coefficient (Wildman–Crippen LogP) is 3.65. The molecule has 3 rings (SSSR count). The number of aromatic nitrogens is 2. The summed E-state index contributed by atoms with van der Waals surface area (Å²) >= 11 is 1.39. The van der Waals surface area contributed by atoms with Crippen molar-refractivity contribution in [2.75, 3.05) is 5.32 Å². The molecule has 0 radical (unpaired) electrons. The van der Waals surface area contributed by atoms with Crippen LogP contribution in [0.3, 0.4) is 0 Å². The second kappa shape index (κ2) is 6.53. The van der Waals surface area contributed by atoms with Crippen LogP contribution < -0.4 is 5.32 Å². The fourth-order valence-electron chi connectivity index (χ4n) is 3.28. The standard InChI is InChI=1S/C17H19N5O3S/c1-17(2,3)9-4-5-10-11(7-18)16(26-13(10)6-9)20-15(23)14-12(22(24)25)8-19-21-14/h8-9H,4-6H2,1-3H3,(H,19,21)(H,20,23)/t9-/m0/s1. The van der Waals surface area contributed by atoms with Crippen molar-refractivity contribution in [3.63, 3.8) is 0 Å². The van der Waals surface area contributed by atoms with Crippen molar-refractivity contribution >= 4 is 27.9 Å². The van der Waals surface area contributed by atoms with Crippen molar-refractivity contribution in [2.45, 2.75) is 40.0 Å². The molecule has 1 aliphatic carbocycles. The molecular formula is C17H19N5O3S. The Labute approximate surface area is 154 Å². The van der Waals surface area contributed by atoms with E-state index < -0.39 is 16.5 Å². The number of fused-ring (bicyclic) bond motifs is 1. The van der Waals surface area contributed by atoms with Crippen LogP contribution in [0.15, 0.2) is 6.20 Å². The summed E-state index contributed by atoms with van der Waals surface area (Å²) < 4.78 is 0. The van der Waals surface area contributed by atoms with Crippen LogP contribution in [0.1, 0.15) is 53.7 Å². The Morgan fingerprint density at radius 3 is 2.88 bits per heavy atom. The molecule has 0 bridgehead atoms. The molecule has 2 aromatic rings. The summed E-state index contributed by atoms with van der Waals surface area (Å²) in [6.45, 7) is 6.63. The monoisotopic (exact) mass is 373 g/mol. The van der Waals surface area contributed by atoms with Crippen molar-refractivity contribution in [3.05, 3.63) is 38.0 Å². The third-order valence-corrected chi connectivity index (χ3v) is 6.04. The molecule has 0 unspecified atom stereocenters. The van der Waals surface area contributed by atoms with Crippen LogP contribution in [-0.2, 0) is 12.8 Å². The van der Waals surface area contributed by atoms with Crippen molar-refractivity contribution in [2.24, 2.45) is 11.3 Å². The van der Waals surface area contributed by atoms with E-state index in [0.717, 1.165) is 35.9 Å². The lowest BCUT2D eigenvalue weighted by Crippen LogP contribution is -2.26. The first-order valence-corrected chi connectivity index (χ1v) is 9.07. The second-order valence-corrected chi connectivity index (χ2v) is 8.57. The number of H-pyrrole nitrogens is 1. The van der Waals surface area contributed by atoms with Gasteiger partial charge in [-0.2, -0.15) is 10.4 Å². The molecule has 9 heteroatoms. The van der Waals surface area contributed by atoms with Crippen LogP contribution in [0.4, 0.5) is 10.7 Å². The minimum atomic E-state index is -0.670. The van der Waals surface area contributed by atoms with Gasteiger partial charge in [-0.15, -0.1) is 11.3 Å². The van der Waals surface area contributed by atoms with Gasteiger partial charge in [0, 0.05) is 4.88 Å². The highest BCUT2D eigenvalue weighted by atomic mass is 32.1. The zero-order chi connectivity index (χ0) is 19.1. The van der Waals surface area contributed by atoms with Gasteiger partial charge < -0.3 is 5.32 Å². The summed E-state index contributed by atoms with van der Waals surface area (Å²) in [7, 11) is 0. The minimum absolute atomic E-state index is 0.175. The lowest BCUT2D eigenvalue weighted by Gasteiger charge is -2.33. The van der Waals surface area contributed by atoms with E-state index in [1.165, 1.54) is 11.3 Å². The van der Waals surface area contributed by atoms with E-state index in [9.17, 15) is 20.2 Å². The first kappa shape index (κ1) is 18.1. The van der Waals surface area contributed by atoms with Gasteiger partial charge in [0.25, 0.3) is 5.91 Å². The number of nitriles is 1. The number of anilines is 1. The molecule has 1 atom stereocenters. The van der Waals surface area contributed by atoms with Gasteiger partial charge in [0.15, 0.2) is 0 Å². The number of carbonyl (C=O) groups is 1. The van der Waals surface area contributed by atoms with Gasteiger partial charge >= 0.3 is 5.69 Å². The number of carbonyl (C=O) groups excluding carboxylic acids is 1. The number of aromatic amines is 1. The van der Waals surface area contributed by atoms with Gasteiger partial charge in [0.1, 0.15) is 17.3 Å². The zero-order valence-corrected chi connectivity index (χ0v) is 15.6. The normalized spacial score (nSPS) is 16.6. The van der Waals surface area contributed by atoms with E-state index in [1.807, 2.05) is 0 Å². The molecule has 0 spiro atoms. The third-order valence-electron chi connectivity index (χ3n) is 4.87. The number of hydrogen-bond acceptors (Lipinski definition) is 6. The molecule has 1 aliphatic rings. The van der Waals surface area contributed by atoms with Crippen LogP contribution in [-0.4, -0.2) is 21.0 Å². The number of nitrogens with zero attached hydrogens (tertiary/aromatic N) is 3.